The van der Waals surface area contributed by atoms with Gasteiger partial charge in [-0.15, -0.1) is 12.4 Å². The molecule has 0 unspecified atom stereocenters. The van der Waals surface area contributed by atoms with Gasteiger partial charge < -0.3 is 10.6 Å². The lowest BCUT2D eigenvalue weighted by Crippen LogP contribution is -2.45. The first-order valence-electron chi connectivity index (χ1n) is 9.88. The highest BCUT2D eigenvalue weighted by atomic mass is 35.5. The van der Waals surface area contributed by atoms with Gasteiger partial charge in [0.1, 0.15) is 0 Å². The molecule has 176 valence electrons. The number of aromatic nitrogens is 2. The number of hydrogen-bond acceptors (Lipinski definition) is 5. The first-order chi connectivity index (χ1) is 14.5. The van der Waals surface area contributed by atoms with Crippen molar-refractivity contribution in [2.24, 2.45) is 0 Å². The molecule has 5 nitrogen and oxygen atoms in total. The zero-order valence-corrected chi connectivity index (χ0v) is 17.8. The molecule has 0 saturated carbocycles. The van der Waals surface area contributed by atoms with Crippen molar-refractivity contribution in [1.29, 1.82) is 0 Å². The van der Waals surface area contributed by atoms with Gasteiger partial charge in [0.05, 0.1) is 16.8 Å². The van der Waals surface area contributed by atoms with E-state index < -0.39 is 23.5 Å². The Kier molecular flexibility index (Phi) is 6.92. The Labute approximate surface area is 187 Å². The summed E-state index contributed by atoms with van der Waals surface area (Å²) >= 11 is 0. The molecule has 3 heterocycles. The van der Waals surface area contributed by atoms with E-state index in [1.165, 1.54) is 0 Å². The molecule has 0 spiro atoms. The molecule has 32 heavy (non-hydrogen) atoms. The maximum atomic E-state index is 13.1. The van der Waals surface area contributed by atoms with Gasteiger partial charge in [-0.25, -0.2) is 9.97 Å². The normalized spacial score (nSPS) is 21.7. The molecule has 1 aromatic carbocycles. The van der Waals surface area contributed by atoms with Crippen molar-refractivity contribution in [2.45, 2.75) is 57.3 Å². The predicted octanol–water partition coefficient (Wildman–Crippen LogP) is 5.14. The molecule has 0 bridgehead atoms. The molecular formula is C20H22ClF6N5. The molecule has 1 saturated heterocycles. The molecule has 0 aliphatic carbocycles. The van der Waals surface area contributed by atoms with Crippen molar-refractivity contribution in [2.75, 3.05) is 11.9 Å². The molecular weight excluding hydrogens is 460 g/mol. The highest BCUT2D eigenvalue weighted by Gasteiger charge is 2.37. The van der Waals surface area contributed by atoms with Gasteiger partial charge in [-0.2, -0.15) is 26.3 Å². The summed E-state index contributed by atoms with van der Waals surface area (Å²) in [6, 6.07) is 2.13. The van der Waals surface area contributed by atoms with E-state index in [0.717, 1.165) is 30.6 Å². The van der Waals surface area contributed by atoms with Crippen LogP contribution in [-0.2, 0) is 25.4 Å². The van der Waals surface area contributed by atoms with Gasteiger partial charge in [0, 0.05) is 42.6 Å². The van der Waals surface area contributed by atoms with Crippen molar-refractivity contribution in [3.8, 4) is 0 Å². The SMILES string of the molecule is C[C@@H]1C[C@H](N2Cc3cnc(Nc4cc(C(F)(F)F)cc(C(F)(F)F)c4)nc3C2)CCN1.Cl. The Morgan fingerprint density at radius 3 is 2.28 bits per heavy atom. The van der Waals surface area contributed by atoms with Crippen LogP contribution in [0.1, 0.15) is 42.1 Å². The Morgan fingerprint density at radius 2 is 1.69 bits per heavy atom. The summed E-state index contributed by atoms with van der Waals surface area (Å²) in [5, 5.41) is 5.91. The fraction of sp³-hybridized carbons (Fsp3) is 0.500. The first-order valence-corrected chi connectivity index (χ1v) is 9.88. The second kappa shape index (κ2) is 9.03. The maximum absolute atomic E-state index is 13.1. The third-order valence-electron chi connectivity index (χ3n) is 5.64. The molecule has 0 amide bonds. The molecule has 2 aliphatic rings. The van der Waals surface area contributed by atoms with Crippen LogP contribution in [0.25, 0.3) is 0 Å². The second-order valence-electron chi connectivity index (χ2n) is 8.02. The average molecular weight is 482 g/mol. The van der Waals surface area contributed by atoms with E-state index in [2.05, 4.69) is 32.4 Å². The van der Waals surface area contributed by atoms with Crippen LogP contribution in [0.2, 0.25) is 0 Å². The number of alkyl halides is 6. The molecule has 0 radical (unpaired) electrons. The van der Waals surface area contributed by atoms with Crippen molar-refractivity contribution < 1.29 is 26.3 Å². The summed E-state index contributed by atoms with van der Waals surface area (Å²) in [6.07, 6.45) is -6.25. The molecule has 1 fully saturated rings. The third kappa shape index (κ3) is 5.44. The number of hydrogen-bond donors (Lipinski definition) is 2. The van der Waals surface area contributed by atoms with Gasteiger partial charge in [-0.1, -0.05) is 0 Å². The second-order valence-corrected chi connectivity index (χ2v) is 8.02. The Hall–Kier alpha value is -2.11. The summed E-state index contributed by atoms with van der Waals surface area (Å²) in [6.45, 7) is 4.30. The molecule has 4 rings (SSSR count). The molecule has 12 heteroatoms. The first kappa shape index (κ1) is 24.5. The van der Waals surface area contributed by atoms with E-state index in [0.29, 0.717) is 37.3 Å². The minimum atomic E-state index is -4.91. The van der Waals surface area contributed by atoms with Crippen LogP contribution in [0.15, 0.2) is 24.4 Å². The van der Waals surface area contributed by atoms with Gasteiger partial charge in [-0.05, 0) is 44.5 Å². The fourth-order valence-corrected chi connectivity index (χ4v) is 4.09. The fourth-order valence-electron chi connectivity index (χ4n) is 4.09. The van der Waals surface area contributed by atoms with Gasteiger partial charge >= 0.3 is 12.4 Å². The van der Waals surface area contributed by atoms with Crippen LogP contribution in [0, 0.1) is 0 Å². The summed E-state index contributed by atoms with van der Waals surface area (Å²) < 4.78 is 78.4. The Morgan fingerprint density at radius 1 is 1.03 bits per heavy atom. The molecule has 2 aliphatic heterocycles. The lowest BCUT2D eigenvalue weighted by Gasteiger charge is -2.34. The van der Waals surface area contributed by atoms with Crippen LogP contribution in [0.4, 0.5) is 38.0 Å². The summed E-state index contributed by atoms with van der Waals surface area (Å²) in [4.78, 5) is 10.7. The van der Waals surface area contributed by atoms with Gasteiger partial charge in [0.2, 0.25) is 5.95 Å². The molecule has 1 aromatic heterocycles. The smallest absolute Gasteiger partial charge is 0.324 e. The van der Waals surface area contributed by atoms with Gasteiger partial charge in [-0.3, -0.25) is 4.90 Å². The minimum Gasteiger partial charge on any atom is -0.324 e. The van der Waals surface area contributed by atoms with Crippen LogP contribution in [0.3, 0.4) is 0 Å². The summed E-state index contributed by atoms with van der Waals surface area (Å²) in [5.41, 5.74) is -1.51. The maximum Gasteiger partial charge on any atom is 0.416 e. The van der Waals surface area contributed by atoms with E-state index in [1.54, 1.807) is 6.20 Å². The number of benzene rings is 1. The van der Waals surface area contributed by atoms with Crippen LogP contribution in [0.5, 0.6) is 0 Å². The number of fused-ring (bicyclic) bond motifs is 1. The average Bonchev–Trinajstić information content (AvgIpc) is 3.10. The zero-order chi connectivity index (χ0) is 22.4. The standard InChI is InChI=1S/C20H21F6N5.ClH/c1-11-4-16(2-3-27-11)31-9-12-8-28-18(30-17(12)10-31)29-15-6-13(19(21,22)23)5-14(7-15)20(24,25)26;/h5-8,11,16,27H,2-4,9-10H2,1H3,(H,28,29,30);1H/t11-,16-;/m1./s1. The van der Waals surface area contributed by atoms with Crippen LogP contribution in [-0.4, -0.2) is 33.5 Å². The van der Waals surface area contributed by atoms with E-state index in [4.69, 9.17) is 0 Å². The Balaban J connectivity index is 0.00000289. The highest BCUT2D eigenvalue weighted by Crippen LogP contribution is 2.38. The minimum absolute atomic E-state index is 0. The van der Waals surface area contributed by atoms with Crippen LogP contribution < -0.4 is 10.6 Å². The number of anilines is 2. The van der Waals surface area contributed by atoms with Crippen LogP contribution >= 0.6 is 12.4 Å². The van der Waals surface area contributed by atoms with Gasteiger partial charge in [0.15, 0.2) is 0 Å². The van der Waals surface area contributed by atoms with Gasteiger partial charge in [0.25, 0.3) is 0 Å². The monoisotopic (exact) mass is 481 g/mol. The van der Waals surface area contributed by atoms with Crippen molar-refractivity contribution >= 4 is 24.0 Å². The molecule has 2 aromatic rings. The van der Waals surface area contributed by atoms with E-state index in [1.807, 2.05) is 0 Å². The van der Waals surface area contributed by atoms with E-state index >= 15 is 0 Å². The highest BCUT2D eigenvalue weighted by molar-refractivity contribution is 5.85. The molecule has 2 N–H and O–H groups in total. The largest absolute Gasteiger partial charge is 0.416 e. The number of piperidine rings is 1. The lowest BCUT2D eigenvalue weighted by molar-refractivity contribution is -0.143. The van der Waals surface area contributed by atoms with E-state index in [-0.39, 0.29) is 30.1 Å². The number of rotatable bonds is 3. The number of halogens is 7. The third-order valence-corrected chi connectivity index (χ3v) is 5.64. The number of nitrogens with zero attached hydrogens (tertiary/aromatic N) is 3. The van der Waals surface area contributed by atoms with E-state index in [9.17, 15) is 26.3 Å². The van der Waals surface area contributed by atoms with Crippen molar-refractivity contribution in [1.82, 2.24) is 20.2 Å². The number of nitrogens with one attached hydrogen (secondary N) is 2. The topological polar surface area (TPSA) is 53.1 Å². The summed E-state index contributed by atoms with van der Waals surface area (Å²) in [7, 11) is 0. The Bertz CT molecular complexity index is 932. The molecule has 2 atom stereocenters. The predicted molar refractivity (Wildman–Crippen MR) is 109 cm³/mol. The van der Waals surface area contributed by atoms with Crippen molar-refractivity contribution in [3.63, 3.8) is 0 Å². The zero-order valence-electron chi connectivity index (χ0n) is 17.0. The van der Waals surface area contributed by atoms with Crippen molar-refractivity contribution in [3.05, 3.63) is 46.8 Å². The lowest BCUT2D eigenvalue weighted by atomic mass is 9.99. The quantitative estimate of drug-likeness (QED) is 0.595. The summed E-state index contributed by atoms with van der Waals surface area (Å²) in [5.74, 6) is -0.0354.